The van der Waals surface area contributed by atoms with E-state index in [1.165, 1.54) is 12.8 Å². The van der Waals surface area contributed by atoms with Crippen molar-refractivity contribution in [1.82, 2.24) is 10.2 Å². The number of nitrogens with zero attached hydrogens (tertiary/aromatic N) is 1. The van der Waals surface area contributed by atoms with Gasteiger partial charge in [0, 0.05) is 12.6 Å². The predicted molar refractivity (Wildman–Crippen MR) is 69.9 cm³/mol. The van der Waals surface area contributed by atoms with Gasteiger partial charge >= 0.3 is 0 Å². The molecule has 17 heavy (non-hydrogen) atoms. The maximum Gasteiger partial charge on any atom is 0.151 e. The third kappa shape index (κ3) is 3.66. The summed E-state index contributed by atoms with van der Waals surface area (Å²) in [5, 5.41) is 3.40. The second-order valence-corrected chi connectivity index (χ2v) is 7.60. The average Bonchev–Trinajstić information content (AvgIpc) is 2.67. The van der Waals surface area contributed by atoms with E-state index < -0.39 is 9.84 Å². The fourth-order valence-electron chi connectivity index (χ4n) is 3.01. The summed E-state index contributed by atoms with van der Waals surface area (Å²) in [4.78, 5) is 2.41. The number of hydrogen-bond donors (Lipinski definition) is 1. The Morgan fingerprint density at radius 1 is 1.35 bits per heavy atom. The van der Waals surface area contributed by atoms with Crippen LogP contribution in [-0.2, 0) is 9.84 Å². The molecule has 2 heterocycles. The summed E-state index contributed by atoms with van der Waals surface area (Å²) >= 11 is 0. The van der Waals surface area contributed by atoms with E-state index >= 15 is 0 Å². The fourth-order valence-corrected chi connectivity index (χ4v) is 4.77. The van der Waals surface area contributed by atoms with Gasteiger partial charge in [0.15, 0.2) is 9.84 Å². The summed E-state index contributed by atoms with van der Waals surface area (Å²) in [5.74, 6) is 1.49. The molecule has 0 aromatic rings. The first-order valence-electron chi connectivity index (χ1n) is 6.76. The Balaban J connectivity index is 1.85. The van der Waals surface area contributed by atoms with E-state index in [4.69, 9.17) is 0 Å². The van der Waals surface area contributed by atoms with Crippen molar-refractivity contribution in [2.24, 2.45) is 5.92 Å². The van der Waals surface area contributed by atoms with E-state index in [1.54, 1.807) is 0 Å². The van der Waals surface area contributed by atoms with Crippen LogP contribution in [0.15, 0.2) is 0 Å². The number of sulfone groups is 1. The molecule has 0 radical (unpaired) electrons. The van der Waals surface area contributed by atoms with Crippen molar-refractivity contribution in [3.8, 4) is 0 Å². The molecule has 100 valence electrons. The standard InChI is InChI=1S/C12H24N2O2S/c1-2-13-8-11-4-3-6-14(9-11)12-5-7-17(15,16)10-12/h11-13H,2-10H2,1H3. The highest BCUT2D eigenvalue weighted by atomic mass is 32.2. The largest absolute Gasteiger partial charge is 0.317 e. The maximum absolute atomic E-state index is 11.5. The highest BCUT2D eigenvalue weighted by Crippen LogP contribution is 2.24. The van der Waals surface area contributed by atoms with Crippen molar-refractivity contribution in [3.63, 3.8) is 0 Å². The van der Waals surface area contributed by atoms with Gasteiger partial charge in [-0.1, -0.05) is 6.92 Å². The van der Waals surface area contributed by atoms with E-state index in [0.29, 0.717) is 23.5 Å². The van der Waals surface area contributed by atoms with Gasteiger partial charge in [0.25, 0.3) is 0 Å². The number of piperidine rings is 1. The van der Waals surface area contributed by atoms with Crippen LogP contribution in [0.3, 0.4) is 0 Å². The van der Waals surface area contributed by atoms with Crippen LogP contribution in [-0.4, -0.2) is 57.0 Å². The summed E-state index contributed by atoms with van der Waals surface area (Å²) in [5.41, 5.74) is 0. The molecule has 0 amide bonds. The number of likely N-dealkylation sites (tertiary alicyclic amines) is 1. The molecule has 0 saturated carbocycles. The van der Waals surface area contributed by atoms with Crippen LogP contribution in [0.5, 0.6) is 0 Å². The molecular weight excluding hydrogens is 236 g/mol. The quantitative estimate of drug-likeness (QED) is 0.799. The van der Waals surface area contributed by atoms with Gasteiger partial charge in [-0.25, -0.2) is 8.42 Å². The molecule has 0 aromatic heterocycles. The Morgan fingerprint density at radius 2 is 2.18 bits per heavy atom. The van der Waals surface area contributed by atoms with Crippen molar-refractivity contribution < 1.29 is 8.42 Å². The molecule has 1 N–H and O–H groups in total. The molecule has 2 unspecified atom stereocenters. The lowest BCUT2D eigenvalue weighted by atomic mass is 9.96. The first kappa shape index (κ1) is 13.3. The minimum atomic E-state index is -2.74. The molecule has 5 heteroatoms. The van der Waals surface area contributed by atoms with Crippen molar-refractivity contribution in [2.45, 2.75) is 32.2 Å². The molecule has 0 bridgehead atoms. The number of hydrogen-bond acceptors (Lipinski definition) is 4. The molecule has 2 aliphatic rings. The van der Waals surface area contributed by atoms with Crippen molar-refractivity contribution in [2.75, 3.05) is 37.7 Å². The van der Waals surface area contributed by atoms with Crippen LogP contribution >= 0.6 is 0 Å². The van der Waals surface area contributed by atoms with Gasteiger partial charge in [0.2, 0.25) is 0 Å². The van der Waals surface area contributed by atoms with Gasteiger partial charge in [-0.15, -0.1) is 0 Å². The molecule has 4 nitrogen and oxygen atoms in total. The Morgan fingerprint density at radius 3 is 2.82 bits per heavy atom. The Kier molecular flexibility index (Phi) is 4.44. The predicted octanol–water partition coefficient (Wildman–Crippen LogP) is 0.495. The highest BCUT2D eigenvalue weighted by Gasteiger charge is 2.34. The third-order valence-electron chi connectivity index (χ3n) is 3.96. The third-order valence-corrected chi connectivity index (χ3v) is 5.71. The van der Waals surface area contributed by atoms with Crippen LogP contribution in [0.2, 0.25) is 0 Å². The first-order chi connectivity index (χ1) is 8.11. The molecule has 0 aliphatic carbocycles. The Labute approximate surface area is 105 Å². The second kappa shape index (κ2) is 5.67. The second-order valence-electron chi connectivity index (χ2n) is 5.37. The van der Waals surface area contributed by atoms with Gasteiger partial charge in [0.1, 0.15) is 0 Å². The summed E-state index contributed by atoms with van der Waals surface area (Å²) in [6.45, 7) is 6.39. The zero-order valence-electron chi connectivity index (χ0n) is 10.7. The van der Waals surface area contributed by atoms with Crippen LogP contribution in [0, 0.1) is 5.92 Å². The first-order valence-corrected chi connectivity index (χ1v) is 8.58. The van der Waals surface area contributed by atoms with Gasteiger partial charge in [-0.05, 0) is 44.8 Å². The molecule has 2 atom stereocenters. The van der Waals surface area contributed by atoms with Crippen molar-refractivity contribution in [3.05, 3.63) is 0 Å². The lowest BCUT2D eigenvalue weighted by Crippen LogP contribution is -2.45. The summed E-state index contributed by atoms with van der Waals surface area (Å²) < 4.78 is 23.0. The Bertz CT molecular complexity index is 342. The molecular formula is C12H24N2O2S. The van der Waals surface area contributed by atoms with Gasteiger partial charge < -0.3 is 5.32 Å². The molecule has 0 spiro atoms. The monoisotopic (exact) mass is 260 g/mol. The lowest BCUT2D eigenvalue weighted by molar-refractivity contribution is 0.133. The minimum Gasteiger partial charge on any atom is -0.317 e. The average molecular weight is 260 g/mol. The van der Waals surface area contributed by atoms with Gasteiger partial charge in [-0.3, -0.25) is 4.90 Å². The lowest BCUT2D eigenvalue weighted by Gasteiger charge is -2.36. The summed E-state index contributed by atoms with van der Waals surface area (Å²) in [6, 6.07) is 0.296. The van der Waals surface area contributed by atoms with Crippen LogP contribution in [0.4, 0.5) is 0 Å². The number of nitrogens with one attached hydrogen (secondary N) is 1. The van der Waals surface area contributed by atoms with Gasteiger partial charge in [-0.2, -0.15) is 0 Å². The van der Waals surface area contributed by atoms with Crippen molar-refractivity contribution >= 4 is 9.84 Å². The zero-order chi connectivity index (χ0) is 12.3. The zero-order valence-corrected chi connectivity index (χ0v) is 11.5. The minimum absolute atomic E-state index is 0.296. The normalized spacial score (nSPS) is 33.9. The molecule has 2 saturated heterocycles. The van der Waals surface area contributed by atoms with Crippen molar-refractivity contribution in [1.29, 1.82) is 0 Å². The van der Waals surface area contributed by atoms with Crippen LogP contribution in [0.25, 0.3) is 0 Å². The van der Waals surface area contributed by atoms with Crippen LogP contribution < -0.4 is 5.32 Å². The fraction of sp³-hybridized carbons (Fsp3) is 1.00. The maximum atomic E-state index is 11.5. The van der Waals surface area contributed by atoms with E-state index in [0.717, 1.165) is 32.6 Å². The van der Waals surface area contributed by atoms with Gasteiger partial charge in [0.05, 0.1) is 11.5 Å². The summed E-state index contributed by atoms with van der Waals surface area (Å²) in [7, 11) is -2.74. The molecule has 0 aromatic carbocycles. The van der Waals surface area contributed by atoms with E-state index in [-0.39, 0.29) is 0 Å². The molecule has 2 fully saturated rings. The molecule has 2 aliphatic heterocycles. The SMILES string of the molecule is CCNCC1CCCN(C2CCS(=O)(=O)C2)C1. The Hall–Kier alpha value is -0.130. The van der Waals surface area contributed by atoms with E-state index in [2.05, 4.69) is 17.1 Å². The molecule has 2 rings (SSSR count). The summed E-state index contributed by atoms with van der Waals surface area (Å²) in [6.07, 6.45) is 3.34. The van der Waals surface area contributed by atoms with E-state index in [1.807, 2.05) is 0 Å². The van der Waals surface area contributed by atoms with E-state index in [9.17, 15) is 8.42 Å². The van der Waals surface area contributed by atoms with Crippen LogP contribution in [0.1, 0.15) is 26.2 Å². The topological polar surface area (TPSA) is 49.4 Å². The smallest absolute Gasteiger partial charge is 0.151 e. The highest BCUT2D eigenvalue weighted by molar-refractivity contribution is 7.91. The number of rotatable bonds is 4.